The molecule has 0 spiro atoms. The smallest absolute Gasteiger partial charge is 0.279 e. The van der Waals surface area contributed by atoms with E-state index in [1.54, 1.807) is 0 Å². The van der Waals surface area contributed by atoms with Crippen LogP contribution in [0.1, 0.15) is 16.1 Å². The summed E-state index contributed by atoms with van der Waals surface area (Å²) in [4.78, 5) is 22.5. The van der Waals surface area contributed by atoms with Gasteiger partial charge in [-0.05, 0) is 36.6 Å². The molecule has 2 heterocycles. The van der Waals surface area contributed by atoms with Gasteiger partial charge in [0.1, 0.15) is 0 Å². The number of amides is 1. The summed E-state index contributed by atoms with van der Waals surface area (Å²) in [5.41, 5.74) is 3.39. The number of thiazole rings is 1. The third-order valence-corrected chi connectivity index (χ3v) is 6.06. The van der Waals surface area contributed by atoms with Crippen molar-refractivity contribution in [2.24, 2.45) is 12.0 Å². The van der Waals surface area contributed by atoms with Gasteiger partial charge in [0.25, 0.3) is 5.91 Å². The van der Waals surface area contributed by atoms with Gasteiger partial charge in [-0.2, -0.15) is 4.99 Å². The average molecular weight is 383 g/mol. The molecule has 4 nitrogen and oxygen atoms in total. The Morgan fingerprint density at radius 3 is 2.68 bits per heavy atom. The Hall–Kier alpha value is -3.31. The lowest BCUT2D eigenvalue weighted by atomic mass is 10.1. The number of pyridine rings is 1. The molecular weight excluding hydrogens is 366 g/mol. The first kappa shape index (κ1) is 16.8. The van der Waals surface area contributed by atoms with Crippen LogP contribution in [0.3, 0.4) is 0 Å². The fraction of sp³-hybridized carbons (Fsp3) is 0.0870. The molecule has 0 atom stereocenters. The topological polar surface area (TPSA) is 47.2 Å². The molecule has 0 saturated carbocycles. The normalized spacial score (nSPS) is 12.3. The van der Waals surface area contributed by atoms with Crippen molar-refractivity contribution in [2.75, 3.05) is 0 Å². The predicted molar refractivity (Wildman–Crippen MR) is 115 cm³/mol. The molecular formula is C23H17N3OS. The number of nitrogens with zero attached hydrogens (tertiary/aromatic N) is 3. The Bertz CT molecular complexity index is 1460. The van der Waals surface area contributed by atoms with Crippen molar-refractivity contribution in [3.63, 3.8) is 0 Å². The Morgan fingerprint density at radius 2 is 1.79 bits per heavy atom. The van der Waals surface area contributed by atoms with Crippen molar-refractivity contribution in [2.45, 2.75) is 6.92 Å². The average Bonchev–Trinajstić information content (AvgIpc) is 3.03. The third kappa shape index (κ3) is 2.72. The van der Waals surface area contributed by atoms with Crippen molar-refractivity contribution in [1.29, 1.82) is 0 Å². The minimum Gasteiger partial charge on any atom is -0.319 e. The standard InChI is InChI=1S/C23H17N3OS/c1-14-7-8-16-9-10-17(13-19(16)24-14)22(27)25-23-26(2)21-18-6-4-3-5-15(18)11-12-20(21)28-23/h3-13H,1-2H3. The lowest BCUT2D eigenvalue weighted by Gasteiger charge is -2.02. The first-order valence-electron chi connectivity index (χ1n) is 9.04. The van der Waals surface area contributed by atoms with Crippen LogP contribution in [0, 0.1) is 6.92 Å². The minimum absolute atomic E-state index is 0.253. The van der Waals surface area contributed by atoms with Gasteiger partial charge in [-0.15, -0.1) is 0 Å². The van der Waals surface area contributed by atoms with Crippen LogP contribution in [0.2, 0.25) is 0 Å². The fourth-order valence-electron chi connectivity index (χ4n) is 3.53. The highest BCUT2D eigenvalue weighted by molar-refractivity contribution is 7.16. The molecule has 2 aromatic heterocycles. The van der Waals surface area contributed by atoms with Crippen molar-refractivity contribution < 1.29 is 4.79 Å². The molecule has 0 fully saturated rings. The summed E-state index contributed by atoms with van der Waals surface area (Å²) in [6.07, 6.45) is 0. The number of hydrogen-bond acceptors (Lipinski definition) is 3. The Labute approximate surface area is 165 Å². The zero-order valence-corrected chi connectivity index (χ0v) is 16.3. The number of carbonyl (C=O) groups excluding carboxylic acids is 1. The highest BCUT2D eigenvalue weighted by Crippen LogP contribution is 2.26. The van der Waals surface area contributed by atoms with E-state index in [9.17, 15) is 4.79 Å². The molecule has 0 radical (unpaired) electrons. The molecule has 0 saturated heterocycles. The van der Waals surface area contributed by atoms with Gasteiger partial charge in [0, 0.05) is 29.1 Å². The minimum atomic E-state index is -0.253. The molecule has 5 rings (SSSR count). The zero-order chi connectivity index (χ0) is 19.3. The van der Waals surface area contributed by atoms with Crippen molar-refractivity contribution >= 4 is 49.1 Å². The summed E-state index contributed by atoms with van der Waals surface area (Å²) in [7, 11) is 1.96. The molecule has 5 heteroatoms. The number of hydrogen-bond donors (Lipinski definition) is 0. The molecule has 0 N–H and O–H groups in total. The monoisotopic (exact) mass is 383 g/mol. The molecule has 5 aromatic rings. The van der Waals surface area contributed by atoms with Crippen LogP contribution in [0.25, 0.3) is 31.9 Å². The summed E-state index contributed by atoms with van der Waals surface area (Å²) in [6, 6.07) is 22.0. The molecule has 1 amide bonds. The molecule has 0 aliphatic heterocycles. The van der Waals surface area contributed by atoms with Crippen molar-refractivity contribution in [3.8, 4) is 0 Å². The number of carbonyl (C=O) groups is 1. The summed E-state index contributed by atoms with van der Waals surface area (Å²) in [5, 5.41) is 3.36. The van der Waals surface area contributed by atoms with E-state index < -0.39 is 0 Å². The fourth-order valence-corrected chi connectivity index (χ4v) is 4.56. The molecule has 0 aliphatic rings. The summed E-state index contributed by atoms with van der Waals surface area (Å²) in [6.45, 7) is 1.94. The second-order valence-corrected chi connectivity index (χ2v) is 7.86. The molecule has 0 aliphatic carbocycles. The van der Waals surface area contributed by atoms with Gasteiger partial charge >= 0.3 is 0 Å². The van der Waals surface area contributed by atoms with Crippen LogP contribution in [-0.4, -0.2) is 15.5 Å². The van der Waals surface area contributed by atoms with Crippen LogP contribution >= 0.6 is 11.3 Å². The number of benzene rings is 3. The van der Waals surface area contributed by atoms with Gasteiger partial charge in [0.2, 0.25) is 0 Å². The van der Waals surface area contributed by atoms with Gasteiger partial charge in [-0.3, -0.25) is 9.78 Å². The zero-order valence-electron chi connectivity index (χ0n) is 15.5. The number of aryl methyl sites for hydroxylation is 2. The maximum Gasteiger partial charge on any atom is 0.279 e. The molecule has 136 valence electrons. The van der Waals surface area contributed by atoms with E-state index in [1.807, 2.05) is 61.0 Å². The van der Waals surface area contributed by atoms with E-state index in [-0.39, 0.29) is 5.91 Å². The van der Waals surface area contributed by atoms with E-state index in [0.29, 0.717) is 10.4 Å². The van der Waals surface area contributed by atoms with Crippen molar-refractivity contribution in [1.82, 2.24) is 9.55 Å². The first-order valence-corrected chi connectivity index (χ1v) is 9.85. The summed E-state index contributed by atoms with van der Waals surface area (Å²) in [5.74, 6) is -0.253. The van der Waals surface area contributed by atoms with Gasteiger partial charge in [0.15, 0.2) is 4.80 Å². The summed E-state index contributed by atoms with van der Waals surface area (Å²) >= 11 is 1.53. The maximum atomic E-state index is 12.8. The Kier molecular flexibility index (Phi) is 3.84. The molecule has 0 unspecified atom stereocenters. The van der Waals surface area contributed by atoms with E-state index in [2.05, 4.69) is 34.2 Å². The van der Waals surface area contributed by atoms with Crippen LogP contribution in [0.4, 0.5) is 0 Å². The molecule has 3 aromatic carbocycles. The second-order valence-electron chi connectivity index (χ2n) is 6.85. The quantitative estimate of drug-likeness (QED) is 0.409. The lowest BCUT2D eigenvalue weighted by Crippen LogP contribution is -2.13. The highest BCUT2D eigenvalue weighted by Gasteiger charge is 2.10. The van der Waals surface area contributed by atoms with Gasteiger partial charge < -0.3 is 4.57 Å². The SMILES string of the molecule is Cc1ccc2ccc(C(=O)N=c3sc4ccc5ccccc5c4n3C)cc2n1. The largest absolute Gasteiger partial charge is 0.319 e. The number of rotatable bonds is 1. The van der Waals surface area contributed by atoms with Crippen LogP contribution < -0.4 is 4.80 Å². The molecule has 0 bridgehead atoms. The van der Waals surface area contributed by atoms with Crippen LogP contribution in [0.5, 0.6) is 0 Å². The highest BCUT2D eigenvalue weighted by atomic mass is 32.1. The predicted octanol–water partition coefficient (Wildman–Crippen LogP) is 4.99. The second kappa shape index (κ2) is 6.39. The van der Waals surface area contributed by atoms with Gasteiger partial charge in [0.05, 0.1) is 15.7 Å². The van der Waals surface area contributed by atoms with E-state index in [4.69, 9.17) is 0 Å². The third-order valence-electron chi connectivity index (χ3n) is 4.96. The Balaban J connectivity index is 1.66. The number of fused-ring (bicyclic) bond motifs is 4. The molecule has 28 heavy (non-hydrogen) atoms. The van der Waals surface area contributed by atoms with E-state index >= 15 is 0 Å². The lowest BCUT2D eigenvalue weighted by molar-refractivity contribution is 0.0998. The maximum absolute atomic E-state index is 12.8. The van der Waals surface area contributed by atoms with Crippen molar-refractivity contribution in [3.05, 3.63) is 82.8 Å². The van der Waals surface area contributed by atoms with E-state index in [0.717, 1.165) is 32.2 Å². The van der Waals surface area contributed by atoms with Gasteiger partial charge in [-0.1, -0.05) is 53.8 Å². The van der Waals surface area contributed by atoms with Crippen LogP contribution in [-0.2, 0) is 7.05 Å². The number of aromatic nitrogens is 2. The first-order chi connectivity index (χ1) is 13.6. The van der Waals surface area contributed by atoms with Crippen LogP contribution in [0.15, 0.2) is 71.7 Å². The van der Waals surface area contributed by atoms with E-state index in [1.165, 1.54) is 16.7 Å². The van der Waals surface area contributed by atoms with Gasteiger partial charge in [-0.25, -0.2) is 0 Å². The summed E-state index contributed by atoms with van der Waals surface area (Å²) < 4.78 is 3.12. The Morgan fingerprint density at radius 1 is 1.00 bits per heavy atom.